The molecule has 1 aliphatic rings. The molecule has 2 amide bonds. The molecular formula is C20H20N4O3. The summed E-state index contributed by atoms with van der Waals surface area (Å²) in [5.41, 5.74) is -1.40. The predicted octanol–water partition coefficient (Wildman–Crippen LogP) is 2.19. The van der Waals surface area contributed by atoms with Crippen LogP contribution in [0.4, 0.5) is 5.69 Å². The maximum atomic E-state index is 13.6. The van der Waals surface area contributed by atoms with Crippen molar-refractivity contribution in [3.63, 3.8) is 0 Å². The van der Waals surface area contributed by atoms with Gasteiger partial charge in [-0.1, -0.05) is 36.4 Å². The number of nitrogens with one attached hydrogen (secondary N) is 1. The zero-order chi connectivity index (χ0) is 21.8. The number of carbonyl (C=O) groups is 2. The average molecular weight is 367 g/mol. The monoisotopic (exact) mass is 367 g/mol. The van der Waals surface area contributed by atoms with E-state index in [1.165, 1.54) is 25.5 Å². The summed E-state index contributed by atoms with van der Waals surface area (Å²) in [5.74, 6) is -1.56. The maximum Gasteiger partial charge on any atom is 0.275 e. The summed E-state index contributed by atoms with van der Waals surface area (Å²) in [6.45, 7) is -2.79. The van der Waals surface area contributed by atoms with E-state index in [2.05, 4.69) is 5.10 Å². The lowest BCUT2D eigenvalue weighted by Crippen LogP contribution is -2.68. The SMILES string of the molecule is [2H]C([2H])([2H])NC(=O)C1(N(C(=O)c2ccccc2)c2ccccc2)C=CC=NN1OC. The largest absolute Gasteiger partial charge is 0.355 e. The molecule has 3 rings (SSSR count). The van der Waals surface area contributed by atoms with Gasteiger partial charge in [0, 0.05) is 28.6 Å². The van der Waals surface area contributed by atoms with Gasteiger partial charge in [0.15, 0.2) is 0 Å². The van der Waals surface area contributed by atoms with E-state index in [1.54, 1.807) is 60.7 Å². The fraction of sp³-hybridized carbons (Fsp3) is 0.150. The third kappa shape index (κ3) is 3.20. The minimum Gasteiger partial charge on any atom is -0.355 e. The fourth-order valence-electron chi connectivity index (χ4n) is 2.89. The highest BCUT2D eigenvalue weighted by atomic mass is 16.7. The number of hydrogen-bond acceptors (Lipinski definition) is 5. The number of hydroxylamine groups is 1. The number of nitrogens with zero attached hydrogens (tertiary/aromatic N) is 3. The molecule has 0 radical (unpaired) electrons. The molecule has 0 saturated heterocycles. The highest BCUT2D eigenvalue weighted by Gasteiger charge is 2.52. The lowest BCUT2D eigenvalue weighted by Gasteiger charge is -2.44. The molecule has 1 unspecified atom stereocenters. The van der Waals surface area contributed by atoms with E-state index in [-0.39, 0.29) is 0 Å². The van der Waals surface area contributed by atoms with Gasteiger partial charge in [-0.15, -0.1) is 5.17 Å². The number of hydrazone groups is 1. The van der Waals surface area contributed by atoms with Crippen LogP contribution in [0, 0.1) is 0 Å². The second kappa shape index (κ2) is 7.84. The lowest BCUT2D eigenvalue weighted by atomic mass is 10.0. The van der Waals surface area contributed by atoms with Crippen LogP contribution in [0.3, 0.4) is 0 Å². The standard InChI is InChI=1S/C20H20N4O3/c1-21-19(26)20(14-9-15-22-24(20)27-2)23(17-12-7-4-8-13-17)18(25)16-10-5-3-6-11-16/h3-15H,1-2H3,(H,21,26)/i1D3. The van der Waals surface area contributed by atoms with Crippen molar-refractivity contribution in [3.05, 3.63) is 78.4 Å². The molecule has 27 heavy (non-hydrogen) atoms. The molecule has 7 nitrogen and oxygen atoms in total. The number of allylic oxidation sites excluding steroid dienone is 1. The summed E-state index contributed by atoms with van der Waals surface area (Å²) in [6.07, 6.45) is 4.17. The molecule has 1 aliphatic heterocycles. The number of carbonyl (C=O) groups excluding carboxylic acids is 2. The van der Waals surface area contributed by atoms with Crippen LogP contribution in [0.15, 0.2) is 77.9 Å². The average Bonchev–Trinajstić information content (AvgIpc) is 2.74. The second-order valence-corrected chi connectivity index (χ2v) is 5.60. The van der Waals surface area contributed by atoms with Gasteiger partial charge >= 0.3 is 0 Å². The Kier molecular flexibility index (Phi) is 4.27. The number of anilines is 1. The van der Waals surface area contributed by atoms with Gasteiger partial charge in [-0.05, 0) is 36.4 Å². The zero-order valence-corrected chi connectivity index (χ0v) is 14.6. The first-order valence-corrected chi connectivity index (χ1v) is 8.13. The van der Waals surface area contributed by atoms with Crippen molar-refractivity contribution in [1.29, 1.82) is 0 Å². The normalized spacial score (nSPS) is 20.3. The maximum absolute atomic E-state index is 13.6. The van der Waals surface area contributed by atoms with Gasteiger partial charge in [0.2, 0.25) is 0 Å². The smallest absolute Gasteiger partial charge is 0.275 e. The highest BCUT2D eigenvalue weighted by molar-refractivity contribution is 6.12. The van der Waals surface area contributed by atoms with E-state index < -0.39 is 24.5 Å². The van der Waals surface area contributed by atoms with Crippen LogP contribution in [-0.4, -0.2) is 42.9 Å². The summed E-state index contributed by atoms with van der Waals surface area (Å²) >= 11 is 0. The number of rotatable bonds is 5. The van der Waals surface area contributed by atoms with Gasteiger partial charge in [0.25, 0.3) is 17.5 Å². The first-order chi connectivity index (χ1) is 14.3. The molecule has 2 aromatic rings. The van der Waals surface area contributed by atoms with Gasteiger partial charge in [-0.2, -0.15) is 5.10 Å². The van der Waals surface area contributed by atoms with E-state index >= 15 is 0 Å². The first kappa shape index (κ1) is 14.7. The van der Waals surface area contributed by atoms with Crippen molar-refractivity contribution < 1.29 is 18.5 Å². The van der Waals surface area contributed by atoms with E-state index in [0.29, 0.717) is 11.3 Å². The Balaban J connectivity index is 2.24. The Labute approximate surface area is 161 Å². The summed E-state index contributed by atoms with van der Waals surface area (Å²) in [5, 5.41) is 6.90. The van der Waals surface area contributed by atoms with Crippen molar-refractivity contribution in [2.24, 2.45) is 5.10 Å². The number of likely N-dealkylation sites (N-methyl/N-ethyl adjacent to an activating group) is 1. The van der Waals surface area contributed by atoms with Crippen molar-refractivity contribution >= 4 is 23.7 Å². The van der Waals surface area contributed by atoms with Crippen LogP contribution in [-0.2, 0) is 9.63 Å². The second-order valence-electron chi connectivity index (χ2n) is 5.60. The molecule has 1 atom stereocenters. The predicted molar refractivity (Wildman–Crippen MR) is 103 cm³/mol. The van der Waals surface area contributed by atoms with Crippen LogP contribution >= 0.6 is 0 Å². The molecule has 0 bridgehead atoms. The lowest BCUT2D eigenvalue weighted by molar-refractivity contribution is -0.192. The topological polar surface area (TPSA) is 74.2 Å². The number of hydrogen-bond donors (Lipinski definition) is 1. The molecule has 7 heteroatoms. The third-order valence-corrected chi connectivity index (χ3v) is 4.08. The molecule has 0 saturated carbocycles. The van der Waals surface area contributed by atoms with E-state index in [9.17, 15) is 9.59 Å². The van der Waals surface area contributed by atoms with Crippen LogP contribution in [0.5, 0.6) is 0 Å². The van der Waals surface area contributed by atoms with Crippen LogP contribution in [0.25, 0.3) is 0 Å². The third-order valence-electron chi connectivity index (χ3n) is 4.08. The van der Waals surface area contributed by atoms with E-state index in [4.69, 9.17) is 8.95 Å². The zero-order valence-electron chi connectivity index (χ0n) is 17.6. The Bertz CT molecular complexity index is 964. The minimum absolute atomic E-state index is 0.293. The minimum atomic E-state index is -2.79. The molecule has 0 aliphatic carbocycles. The van der Waals surface area contributed by atoms with Crippen molar-refractivity contribution in [1.82, 2.24) is 10.5 Å². The van der Waals surface area contributed by atoms with Crippen LogP contribution in [0.2, 0.25) is 0 Å². The van der Waals surface area contributed by atoms with Gasteiger partial charge in [-0.3, -0.25) is 19.3 Å². The first-order valence-electron chi connectivity index (χ1n) is 9.63. The van der Waals surface area contributed by atoms with Gasteiger partial charge in [0.1, 0.15) is 0 Å². The molecular weight excluding hydrogens is 344 g/mol. The van der Waals surface area contributed by atoms with E-state index in [1.807, 2.05) is 5.32 Å². The fourth-order valence-corrected chi connectivity index (χ4v) is 2.89. The number of para-hydroxylation sites is 1. The van der Waals surface area contributed by atoms with Gasteiger partial charge in [-0.25, -0.2) is 0 Å². The Hall–Kier alpha value is -3.45. The number of benzene rings is 2. The quantitative estimate of drug-likeness (QED) is 0.879. The van der Waals surface area contributed by atoms with Gasteiger partial charge < -0.3 is 5.32 Å². The Morgan fingerprint density at radius 1 is 1.15 bits per heavy atom. The summed E-state index contributed by atoms with van der Waals surface area (Å²) in [6, 6.07) is 16.7. The number of amides is 2. The van der Waals surface area contributed by atoms with Crippen LogP contribution in [0.1, 0.15) is 14.5 Å². The molecule has 2 aromatic carbocycles. The van der Waals surface area contributed by atoms with Crippen molar-refractivity contribution in [2.45, 2.75) is 5.66 Å². The van der Waals surface area contributed by atoms with E-state index in [0.717, 1.165) is 10.1 Å². The summed E-state index contributed by atoms with van der Waals surface area (Å²) in [4.78, 5) is 33.4. The molecule has 0 fully saturated rings. The Morgan fingerprint density at radius 2 is 1.81 bits per heavy atom. The molecule has 1 heterocycles. The highest BCUT2D eigenvalue weighted by Crippen LogP contribution is 2.33. The molecule has 138 valence electrons. The Morgan fingerprint density at radius 3 is 2.44 bits per heavy atom. The molecule has 0 aromatic heterocycles. The summed E-state index contributed by atoms with van der Waals surface area (Å²) < 4.78 is 22.5. The van der Waals surface area contributed by atoms with Crippen LogP contribution < -0.4 is 10.2 Å². The molecule has 0 spiro atoms. The molecule has 1 N–H and O–H groups in total. The summed E-state index contributed by atoms with van der Waals surface area (Å²) in [7, 11) is 1.27. The van der Waals surface area contributed by atoms with Crippen molar-refractivity contribution in [3.8, 4) is 0 Å². The van der Waals surface area contributed by atoms with Crippen molar-refractivity contribution in [2.75, 3.05) is 19.0 Å². The van der Waals surface area contributed by atoms with Gasteiger partial charge in [0.05, 0.1) is 7.11 Å².